The molecule has 0 bridgehead atoms. The maximum absolute atomic E-state index is 11.8. The Bertz CT molecular complexity index is 283. The third-order valence-electron chi connectivity index (χ3n) is 3.83. The highest BCUT2D eigenvalue weighted by Gasteiger charge is 2.36. The van der Waals surface area contributed by atoms with Crippen molar-refractivity contribution in [3.63, 3.8) is 0 Å². The molecule has 0 spiro atoms. The summed E-state index contributed by atoms with van der Waals surface area (Å²) in [4.78, 5) is 24.8. The predicted octanol–water partition coefficient (Wildman–Crippen LogP) is 1.04. The van der Waals surface area contributed by atoms with Crippen LogP contribution in [0.3, 0.4) is 0 Å². The molecule has 1 aliphatic heterocycles. The molecule has 1 aliphatic carbocycles. The van der Waals surface area contributed by atoms with Crippen LogP contribution >= 0.6 is 0 Å². The van der Waals surface area contributed by atoms with Gasteiger partial charge in [-0.25, -0.2) is 0 Å². The number of primary amides is 1. The van der Waals surface area contributed by atoms with Crippen molar-refractivity contribution in [3.05, 3.63) is 0 Å². The number of carbonyl (C=O) groups is 2. The number of amides is 2. The molecule has 1 atom stereocenters. The number of hydrogen-bond acceptors (Lipinski definition) is 2. The molecule has 4 nitrogen and oxygen atoms in total. The van der Waals surface area contributed by atoms with Crippen molar-refractivity contribution >= 4 is 11.8 Å². The average molecular weight is 224 g/mol. The Hall–Kier alpha value is -1.06. The Morgan fingerprint density at radius 1 is 1.19 bits per heavy atom. The zero-order valence-electron chi connectivity index (χ0n) is 9.65. The van der Waals surface area contributed by atoms with Gasteiger partial charge in [-0.2, -0.15) is 0 Å². The van der Waals surface area contributed by atoms with E-state index in [1.54, 1.807) is 0 Å². The van der Waals surface area contributed by atoms with Gasteiger partial charge < -0.3 is 10.6 Å². The molecule has 1 heterocycles. The third-order valence-corrected chi connectivity index (χ3v) is 3.83. The highest BCUT2D eigenvalue weighted by Crippen LogP contribution is 2.27. The van der Waals surface area contributed by atoms with Crippen molar-refractivity contribution in [2.24, 2.45) is 11.7 Å². The highest BCUT2D eigenvalue weighted by molar-refractivity contribution is 5.88. The van der Waals surface area contributed by atoms with Crippen LogP contribution in [0.15, 0.2) is 0 Å². The zero-order valence-corrected chi connectivity index (χ0v) is 9.65. The fourth-order valence-corrected chi connectivity index (χ4v) is 2.84. The highest BCUT2D eigenvalue weighted by atomic mass is 16.2. The SMILES string of the molecule is NC(=O)C1CC(=O)N(C2CCCCCC2)C1. The summed E-state index contributed by atoms with van der Waals surface area (Å²) in [7, 11) is 0. The van der Waals surface area contributed by atoms with Crippen LogP contribution in [-0.2, 0) is 9.59 Å². The van der Waals surface area contributed by atoms with Gasteiger partial charge in [-0.3, -0.25) is 9.59 Å². The lowest BCUT2D eigenvalue weighted by Crippen LogP contribution is -2.37. The standard InChI is InChI=1S/C12H20N2O2/c13-12(16)9-7-11(15)14(8-9)10-5-3-1-2-4-6-10/h9-10H,1-8H2,(H2,13,16). The van der Waals surface area contributed by atoms with Crippen molar-refractivity contribution in [2.45, 2.75) is 51.0 Å². The molecular formula is C12H20N2O2. The van der Waals surface area contributed by atoms with Gasteiger partial charge in [0.2, 0.25) is 11.8 Å². The second-order valence-electron chi connectivity index (χ2n) is 4.99. The summed E-state index contributed by atoms with van der Waals surface area (Å²) in [6.45, 7) is 0.554. The largest absolute Gasteiger partial charge is 0.369 e. The molecule has 1 saturated heterocycles. The molecule has 4 heteroatoms. The Morgan fingerprint density at radius 2 is 1.81 bits per heavy atom. The van der Waals surface area contributed by atoms with Crippen molar-refractivity contribution in [3.8, 4) is 0 Å². The molecular weight excluding hydrogens is 204 g/mol. The first-order valence-electron chi connectivity index (χ1n) is 6.27. The average Bonchev–Trinajstić information content (AvgIpc) is 2.50. The number of nitrogens with zero attached hydrogens (tertiary/aromatic N) is 1. The number of likely N-dealkylation sites (tertiary alicyclic amines) is 1. The molecule has 2 fully saturated rings. The van der Waals surface area contributed by atoms with E-state index in [4.69, 9.17) is 5.73 Å². The number of rotatable bonds is 2. The third kappa shape index (κ3) is 2.36. The monoisotopic (exact) mass is 224 g/mol. The molecule has 0 aromatic carbocycles. The summed E-state index contributed by atoms with van der Waals surface area (Å²) >= 11 is 0. The normalized spacial score (nSPS) is 28.1. The summed E-state index contributed by atoms with van der Waals surface area (Å²) < 4.78 is 0. The molecule has 2 aliphatic rings. The van der Waals surface area contributed by atoms with Gasteiger partial charge in [0, 0.05) is 19.0 Å². The van der Waals surface area contributed by atoms with E-state index in [0.717, 1.165) is 12.8 Å². The molecule has 2 rings (SSSR count). The molecule has 0 aromatic rings. The first kappa shape index (κ1) is 11.4. The van der Waals surface area contributed by atoms with Crippen LogP contribution in [0.1, 0.15) is 44.9 Å². The molecule has 90 valence electrons. The fraction of sp³-hybridized carbons (Fsp3) is 0.833. The molecule has 2 amide bonds. The first-order valence-corrected chi connectivity index (χ1v) is 6.27. The Morgan fingerprint density at radius 3 is 2.31 bits per heavy atom. The summed E-state index contributed by atoms with van der Waals surface area (Å²) in [5, 5.41) is 0. The Balaban J connectivity index is 1.98. The minimum atomic E-state index is -0.329. The first-order chi connectivity index (χ1) is 7.68. The van der Waals surface area contributed by atoms with Gasteiger partial charge in [-0.05, 0) is 12.8 Å². The number of carbonyl (C=O) groups excluding carboxylic acids is 2. The van der Waals surface area contributed by atoms with Gasteiger partial charge in [0.1, 0.15) is 0 Å². The summed E-state index contributed by atoms with van der Waals surface area (Å²) in [6, 6.07) is 0.361. The summed E-state index contributed by atoms with van der Waals surface area (Å²) in [5.74, 6) is -0.462. The van der Waals surface area contributed by atoms with E-state index in [1.165, 1.54) is 25.7 Å². The Kier molecular flexibility index (Phi) is 3.46. The van der Waals surface area contributed by atoms with Gasteiger partial charge >= 0.3 is 0 Å². The van der Waals surface area contributed by atoms with Crippen molar-refractivity contribution in [1.82, 2.24) is 4.90 Å². The fourth-order valence-electron chi connectivity index (χ4n) is 2.84. The Labute approximate surface area is 96.2 Å². The van der Waals surface area contributed by atoms with Crippen LogP contribution < -0.4 is 5.73 Å². The second kappa shape index (κ2) is 4.85. The minimum absolute atomic E-state index is 0.121. The molecule has 1 unspecified atom stereocenters. The lowest BCUT2D eigenvalue weighted by molar-refractivity contribution is -0.130. The second-order valence-corrected chi connectivity index (χ2v) is 4.99. The van der Waals surface area contributed by atoms with E-state index in [2.05, 4.69) is 0 Å². The molecule has 2 N–H and O–H groups in total. The van der Waals surface area contributed by atoms with Crippen molar-refractivity contribution < 1.29 is 9.59 Å². The van der Waals surface area contributed by atoms with Crippen LogP contribution in [0.5, 0.6) is 0 Å². The van der Waals surface area contributed by atoms with Crippen LogP contribution in [-0.4, -0.2) is 29.3 Å². The van der Waals surface area contributed by atoms with Crippen LogP contribution in [0.4, 0.5) is 0 Å². The maximum atomic E-state index is 11.8. The molecule has 16 heavy (non-hydrogen) atoms. The topological polar surface area (TPSA) is 63.4 Å². The van der Waals surface area contributed by atoms with Crippen LogP contribution in [0, 0.1) is 5.92 Å². The summed E-state index contributed by atoms with van der Waals surface area (Å²) in [5.41, 5.74) is 5.26. The predicted molar refractivity (Wildman–Crippen MR) is 60.5 cm³/mol. The molecule has 0 aromatic heterocycles. The van der Waals surface area contributed by atoms with E-state index in [9.17, 15) is 9.59 Å². The minimum Gasteiger partial charge on any atom is -0.369 e. The van der Waals surface area contributed by atoms with Crippen molar-refractivity contribution in [2.75, 3.05) is 6.54 Å². The molecule has 1 saturated carbocycles. The number of hydrogen-bond donors (Lipinski definition) is 1. The van der Waals surface area contributed by atoms with E-state index in [0.29, 0.717) is 19.0 Å². The smallest absolute Gasteiger partial charge is 0.223 e. The van der Waals surface area contributed by atoms with E-state index >= 15 is 0 Å². The van der Waals surface area contributed by atoms with Gasteiger partial charge in [-0.15, -0.1) is 0 Å². The lowest BCUT2D eigenvalue weighted by atomic mass is 10.1. The van der Waals surface area contributed by atoms with Crippen molar-refractivity contribution in [1.29, 1.82) is 0 Å². The van der Waals surface area contributed by atoms with Gasteiger partial charge in [0.25, 0.3) is 0 Å². The van der Waals surface area contributed by atoms with E-state index in [-0.39, 0.29) is 17.7 Å². The van der Waals surface area contributed by atoms with Gasteiger partial charge in [-0.1, -0.05) is 25.7 Å². The summed E-state index contributed by atoms with van der Waals surface area (Å²) in [6.07, 6.45) is 7.47. The van der Waals surface area contributed by atoms with Crippen LogP contribution in [0.25, 0.3) is 0 Å². The molecule has 0 radical (unpaired) electrons. The van der Waals surface area contributed by atoms with E-state index in [1.807, 2.05) is 4.90 Å². The van der Waals surface area contributed by atoms with E-state index < -0.39 is 0 Å². The zero-order chi connectivity index (χ0) is 11.5. The van der Waals surface area contributed by atoms with Crippen LogP contribution in [0.2, 0.25) is 0 Å². The quantitative estimate of drug-likeness (QED) is 0.712. The number of nitrogens with two attached hydrogens (primary N) is 1. The van der Waals surface area contributed by atoms with Gasteiger partial charge in [0.15, 0.2) is 0 Å². The lowest BCUT2D eigenvalue weighted by Gasteiger charge is -2.26. The maximum Gasteiger partial charge on any atom is 0.223 e. The van der Waals surface area contributed by atoms with Gasteiger partial charge in [0.05, 0.1) is 5.92 Å².